The van der Waals surface area contributed by atoms with Crippen LogP contribution in [0, 0.1) is 6.92 Å². The van der Waals surface area contributed by atoms with Crippen molar-refractivity contribution in [2.75, 3.05) is 0 Å². The fraction of sp³-hybridized carbons (Fsp3) is 0.429. The van der Waals surface area contributed by atoms with Gasteiger partial charge in [0.05, 0.1) is 0 Å². The Kier molecular flexibility index (Phi) is 3.33. The third-order valence-corrected chi connectivity index (χ3v) is 2.71. The number of hydrogen-bond donors (Lipinski definition) is 0. The van der Waals surface area contributed by atoms with Crippen molar-refractivity contribution >= 4 is 5.57 Å². The van der Waals surface area contributed by atoms with Crippen LogP contribution in [0.25, 0.3) is 5.57 Å². The average molecular weight is 206 g/mol. The minimum atomic E-state index is -1.28. The molecule has 1 aromatic carbocycles. The van der Waals surface area contributed by atoms with Crippen molar-refractivity contribution in [3.05, 3.63) is 41.5 Å². The molecule has 1 aromatic rings. The number of halogens is 1. The molecule has 0 fully saturated rings. The Labute approximate surface area is 91.8 Å². The standard InChI is InChI=1S/C14H19F/c1-6-10(2)12-8-7-11(3)13(9-12)14(4,5)15/h7-9H,2,6H2,1,3-5H3. The van der Waals surface area contributed by atoms with E-state index in [9.17, 15) is 4.39 Å². The van der Waals surface area contributed by atoms with Gasteiger partial charge in [-0.15, -0.1) is 0 Å². The zero-order chi connectivity index (χ0) is 11.6. The molecule has 0 nitrogen and oxygen atoms in total. The molecule has 0 aliphatic heterocycles. The zero-order valence-corrected chi connectivity index (χ0v) is 10.0. The van der Waals surface area contributed by atoms with Gasteiger partial charge in [-0.1, -0.05) is 25.6 Å². The van der Waals surface area contributed by atoms with E-state index in [1.165, 1.54) is 0 Å². The minimum absolute atomic E-state index is 0.759. The first-order chi connectivity index (χ1) is 6.86. The molecule has 15 heavy (non-hydrogen) atoms. The third-order valence-electron chi connectivity index (χ3n) is 2.71. The maximum Gasteiger partial charge on any atom is 0.130 e. The van der Waals surface area contributed by atoms with E-state index in [4.69, 9.17) is 0 Å². The van der Waals surface area contributed by atoms with Crippen LogP contribution in [0.5, 0.6) is 0 Å². The van der Waals surface area contributed by atoms with Crippen molar-refractivity contribution in [2.45, 2.75) is 39.8 Å². The van der Waals surface area contributed by atoms with Crippen molar-refractivity contribution in [1.82, 2.24) is 0 Å². The lowest BCUT2D eigenvalue weighted by atomic mass is 9.91. The van der Waals surface area contributed by atoms with Gasteiger partial charge in [0.25, 0.3) is 0 Å². The second-order valence-electron chi connectivity index (χ2n) is 4.46. The molecule has 0 N–H and O–H groups in total. The molecule has 0 unspecified atom stereocenters. The van der Waals surface area contributed by atoms with E-state index in [0.29, 0.717) is 0 Å². The molecule has 0 atom stereocenters. The first-order valence-electron chi connectivity index (χ1n) is 5.34. The average Bonchev–Trinajstić information content (AvgIpc) is 2.15. The van der Waals surface area contributed by atoms with Crippen molar-refractivity contribution in [3.63, 3.8) is 0 Å². The maximum atomic E-state index is 13.9. The Hall–Kier alpha value is -1.11. The van der Waals surface area contributed by atoms with E-state index in [0.717, 1.165) is 28.7 Å². The molecular weight excluding hydrogens is 187 g/mol. The predicted octanol–water partition coefficient (Wildman–Crippen LogP) is 4.62. The lowest BCUT2D eigenvalue weighted by molar-refractivity contribution is 0.220. The summed E-state index contributed by atoms with van der Waals surface area (Å²) in [6.45, 7) is 11.2. The SMILES string of the molecule is C=C(CC)c1ccc(C)c(C(C)(C)F)c1. The molecule has 0 spiro atoms. The number of alkyl halides is 1. The fourth-order valence-corrected chi connectivity index (χ4v) is 1.69. The van der Waals surface area contributed by atoms with Crippen molar-refractivity contribution in [1.29, 1.82) is 0 Å². The molecule has 0 saturated carbocycles. The highest BCUT2D eigenvalue weighted by atomic mass is 19.1. The monoisotopic (exact) mass is 206 g/mol. The number of hydrogen-bond acceptors (Lipinski definition) is 0. The van der Waals surface area contributed by atoms with Crippen LogP contribution in [0.2, 0.25) is 0 Å². The van der Waals surface area contributed by atoms with Gasteiger partial charge < -0.3 is 0 Å². The zero-order valence-electron chi connectivity index (χ0n) is 10.0. The Balaban J connectivity index is 3.23. The summed E-state index contributed by atoms with van der Waals surface area (Å²) in [6, 6.07) is 5.89. The molecule has 0 amide bonds. The normalized spacial score (nSPS) is 11.5. The van der Waals surface area contributed by atoms with Gasteiger partial charge in [-0.3, -0.25) is 0 Å². The van der Waals surface area contributed by atoms with Gasteiger partial charge in [0.15, 0.2) is 0 Å². The van der Waals surface area contributed by atoms with Gasteiger partial charge in [-0.05, 0) is 55.5 Å². The molecule has 0 saturated heterocycles. The lowest BCUT2D eigenvalue weighted by Crippen LogP contribution is -2.11. The summed E-state index contributed by atoms with van der Waals surface area (Å²) in [6.07, 6.45) is 0.898. The molecule has 1 heteroatoms. The molecule has 1 rings (SSSR count). The van der Waals surface area contributed by atoms with Crippen molar-refractivity contribution in [3.8, 4) is 0 Å². The number of rotatable bonds is 3. The highest BCUT2D eigenvalue weighted by Crippen LogP contribution is 2.30. The van der Waals surface area contributed by atoms with E-state index < -0.39 is 5.67 Å². The minimum Gasteiger partial charge on any atom is -0.239 e. The molecule has 0 heterocycles. The quantitative estimate of drug-likeness (QED) is 0.676. The lowest BCUT2D eigenvalue weighted by Gasteiger charge is -2.19. The molecule has 0 bridgehead atoms. The van der Waals surface area contributed by atoms with Gasteiger partial charge in [-0.25, -0.2) is 4.39 Å². The van der Waals surface area contributed by atoms with Gasteiger partial charge in [-0.2, -0.15) is 0 Å². The Morgan fingerprint density at radius 1 is 1.40 bits per heavy atom. The van der Waals surface area contributed by atoms with Crippen LogP contribution in [0.4, 0.5) is 4.39 Å². The Bertz CT molecular complexity index is 369. The first kappa shape index (κ1) is 12.0. The molecule has 0 aromatic heterocycles. The highest BCUT2D eigenvalue weighted by Gasteiger charge is 2.21. The smallest absolute Gasteiger partial charge is 0.130 e. The van der Waals surface area contributed by atoms with E-state index >= 15 is 0 Å². The summed E-state index contributed by atoms with van der Waals surface area (Å²) in [4.78, 5) is 0. The summed E-state index contributed by atoms with van der Waals surface area (Å²) in [5.74, 6) is 0. The first-order valence-corrected chi connectivity index (χ1v) is 5.34. The Morgan fingerprint density at radius 3 is 2.47 bits per heavy atom. The number of allylic oxidation sites excluding steroid dienone is 1. The van der Waals surface area contributed by atoms with Crippen LogP contribution in [0.1, 0.15) is 43.9 Å². The van der Waals surface area contributed by atoms with Crippen LogP contribution in [0.15, 0.2) is 24.8 Å². The van der Waals surface area contributed by atoms with E-state index in [1.807, 2.05) is 25.1 Å². The van der Waals surface area contributed by atoms with Gasteiger partial charge >= 0.3 is 0 Å². The summed E-state index contributed by atoms with van der Waals surface area (Å²) in [5, 5.41) is 0. The summed E-state index contributed by atoms with van der Waals surface area (Å²) in [7, 11) is 0. The number of aryl methyl sites for hydroxylation is 1. The second-order valence-corrected chi connectivity index (χ2v) is 4.46. The fourth-order valence-electron chi connectivity index (χ4n) is 1.69. The van der Waals surface area contributed by atoms with Crippen LogP contribution in [-0.4, -0.2) is 0 Å². The predicted molar refractivity (Wildman–Crippen MR) is 64.6 cm³/mol. The van der Waals surface area contributed by atoms with Crippen molar-refractivity contribution in [2.24, 2.45) is 0 Å². The molecule has 82 valence electrons. The number of benzene rings is 1. The van der Waals surface area contributed by atoms with Crippen LogP contribution < -0.4 is 0 Å². The largest absolute Gasteiger partial charge is 0.239 e. The van der Waals surface area contributed by atoms with E-state index in [-0.39, 0.29) is 0 Å². The van der Waals surface area contributed by atoms with E-state index in [1.54, 1.807) is 13.8 Å². The van der Waals surface area contributed by atoms with Crippen LogP contribution in [-0.2, 0) is 5.67 Å². The topological polar surface area (TPSA) is 0 Å². The summed E-state index contributed by atoms with van der Waals surface area (Å²) < 4.78 is 13.9. The maximum absolute atomic E-state index is 13.9. The molecule has 0 radical (unpaired) electrons. The highest BCUT2D eigenvalue weighted by molar-refractivity contribution is 5.64. The molecular formula is C14H19F. The van der Waals surface area contributed by atoms with Crippen molar-refractivity contribution < 1.29 is 4.39 Å². The van der Waals surface area contributed by atoms with Crippen LogP contribution in [0.3, 0.4) is 0 Å². The second kappa shape index (κ2) is 4.18. The van der Waals surface area contributed by atoms with Gasteiger partial charge in [0, 0.05) is 0 Å². The summed E-state index contributed by atoms with van der Waals surface area (Å²) >= 11 is 0. The Morgan fingerprint density at radius 2 is 2.00 bits per heavy atom. The molecule has 0 aliphatic carbocycles. The van der Waals surface area contributed by atoms with Gasteiger partial charge in [0.1, 0.15) is 5.67 Å². The van der Waals surface area contributed by atoms with Gasteiger partial charge in [0.2, 0.25) is 0 Å². The van der Waals surface area contributed by atoms with Crippen LogP contribution >= 0.6 is 0 Å². The van der Waals surface area contributed by atoms with E-state index in [2.05, 4.69) is 13.5 Å². The third kappa shape index (κ3) is 2.68. The molecule has 0 aliphatic rings. The summed E-state index contributed by atoms with van der Waals surface area (Å²) in [5.41, 5.74) is 2.57.